The molecule has 2 aromatic carbocycles. The number of hydrogen-bond acceptors (Lipinski definition) is 4. The SMILES string of the molecule is COc1cccc(CCC(=O)NCC2CN(c3cccc(C)c3)C(=O)CO2)c1. The summed E-state index contributed by atoms with van der Waals surface area (Å²) in [5.41, 5.74) is 3.02. The van der Waals surface area contributed by atoms with Crippen molar-refractivity contribution in [3.8, 4) is 5.75 Å². The van der Waals surface area contributed by atoms with Crippen molar-refractivity contribution in [2.45, 2.75) is 25.9 Å². The average Bonchev–Trinajstić information content (AvgIpc) is 2.71. The number of nitrogens with one attached hydrogen (secondary N) is 1. The largest absolute Gasteiger partial charge is 0.497 e. The highest BCUT2D eigenvalue weighted by Gasteiger charge is 2.27. The minimum Gasteiger partial charge on any atom is -0.497 e. The number of aryl methyl sites for hydroxylation is 2. The molecule has 0 aliphatic carbocycles. The number of ether oxygens (including phenoxy) is 2. The number of methoxy groups -OCH3 is 1. The van der Waals surface area contributed by atoms with Gasteiger partial charge in [0, 0.05) is 18.7 Å². The van der Waals surface area contributed by atoms with Crippen molar-refractivity contribution < 1.29 is 19.1 Å². The zero-order valence-corrected chi connectivity index (χ0v) is 16.3. The summed E-state index contributed by atoms with van der Waals surface area (Å²) in [6, 6.07) is 15.5. The summed E-state index contributed by atoms with van der Waals surface area (Å²) in [7, 11) is 1.63. The molecule has 0 saturated carbocycles. The zero-order valence-electron chi connectivity index (χ0n) is 16.3. The Labute approximate surface area is 165 Å². The lowest BCUT2D eigenvalue weighted by Crippen LogP contribution is -2.50. The fraction of sp³-hybridized carbons (Fsp3) is 0.364. The third-order valence-electron chi connectivity index (χ3n) is 4.74. The Kier molecular flexibility index (Phi) is 6.66. The van der Waals surface area contributed by atoms with Crippen LogP contribution in [0.15, 0.2) is 48.5 Å². The molecule has 0 spiro atoms. The minimum absolute atomic E-state index is 0.0261. The lowest BCUT2D eigenvalue weighted by Gasteiger charge is -2.33. The molecule has 1 aliphatic heterocycles. The van der Waals surface area contributed by atoms with Crippen molar-refractivity contribution in [1.82, 2.24) is 5.32 Å². The molecule has 0 aromatic heterocycles. The number of anilines is 1. The molecule has 1 unspecified atom stereocenters. The monoisotopic (exact) mass is 382 g/mol. The van der Waals surface area contributed by atoms with E-state index in [1.807, 2.05) is 55.5 Å². The van der Waals surface area contributed by atoms with E-state index >= 15 is 0 Å². The first-order valence-corrected chi connectivity index (χ1v) is 9.43. The van der Waals surface area contributed by atoms with Crippen LogP contribution in [-0.4, -0.2) is 44.7 Å². The average molecular weight is 382 g/mol. The quantitative estimate of drug-likeness (QED) is 0.799. The summed E-state index contributed by atoms with van der Waals surface area (Å²) >= 11 is 0. The molecule has 2 amide bonds. The molecule has 1 heterocycles. The molecular formula is C22H26N2O4. The van der Waals surface area contributed by atoms with Crippen LogP contribution in [0.4, 0.5) is 5.69 Å². The van der Waals surface area contributed by atoms with E-state index < -0.39 is 0 Å². The van der Waals surface area contributed by atoms with Crippen LogP contribution in [0.5, 0.6) is 5.75 Å². The van der Waals surface area contributed by atoms with Gasteiger partial charge in [-0.3, -0.25) is 9.59 Å². The van der Waals surface area contributed by atoms with Crippen molar-refractivity contribution in [3.63, 3.8) is 0 Å². The maximum Gasteiger partial charge on any atom is 0.253 e. The fourth-order valence-electron chi connectivity index (χ4n) is 3.20. The molecule has 1 saturated heterocycles. The molecule has 0 radical (unpaired) electrons. The lowest BCUT2D eigenvalue weighted by molar-refractivity contribution is -0.129. The number of morpholine rings is 1. The van der Waals surface area contributed by atoms with Gasteiger partial charge in [0.2, 0.25) is 5.91 Å². The number of nitrogens with zero attached hydrogens (tertiary/aromatic N) is 1. The first-order chi connectivity index (χ1) is 13.5. The van der Waals surface area contributed by atoms with Crippen LogP contribution < -0.4 is 15.0 Å². The maximum absolute atomic E-state index is 12.2. The summed E-state index contributed by atoms with van der Waals surface area (Å²) in [5, 5.41) is 2.92. The Morgan fingerprint density at radius 2 is 2.07 bits per heavy atom. The second kappa shape index (κ2) is 9.37. The molecule has 2 aromatic rings. The third kappa shape index (κ3) is 5.33. The van der Waals surface area contributed by atoms with Gasteiger partial charge in [-0.1, -0.05) is 24.3 Å². The van der Waals surface area contributed by atoms with Crippen LogP contribution >= 0.6 is 0 Å². The second-order valence-electron chi connectivity index (χ2n) is 6.93. The smallest absolute Gasteiger partial charge is 0.253 e. The molecule has 1 N–H and O–H groups in total. The van der Waals surface area contributed by atoms with E-state index in [-0.39, 0.29) is 24.5 Å². The number of carbonyl (C=O) groups is 2. The van der Waals surface area contributed by atoms with Gasteiger partial charge in [0.05, 0.1) is 19.8 Å². The van der Waals surface area contributed by atoms with Gasteiger partial charge in [-0.25, -0.2) is 0 Å². The van der Waals surface area contributed by atoms with Gasteiger partial charge in [-0.2, -0.15) is 0 Å². The van der Waals surface area contributed by atoms with E-state index in [1.54, 1.807) is 12.0 Å². The van der Waals surface area contributed by atoms with E-state index in [0.29, 0.717) is 25.9 Å². The second-order valence-corrected chi connectivity index (χ2v) is 6.93. The Morgan fingerprint density at radius 1 is 1.25 bits per heavy atom. The van der Waals surface area contributed by atoms with Gasteiger partial charge < -0.3 is 19.7 Å². The number of carbonyl (C=O) groups excluding carboxylic acids is 2. The highest BCUT2D eigenvalue weighted by molar-refractivity contribution is 5.95. The first kappa shape index (κ1) is 19.9. The number of benzene rings is 2. The van der Waals surface area contributed by atoms with Gasteiger partial charge in [-0.15, -0.1) is 0 Å². The molecule has 1 aliphatic rings. The third-order valence-corrected chi connectivity index (χ3v) is 4.74. The molecule has 3 rings (SSSR count). The summed E-state index contributed by atoms with van der Waals surface area (Å²) in [5.74, 6) is 0.686. The molecular weight excluding hydrogens is 356 g/mol. The summed E-state index contributed by atoms with van der Waals surface area (Å²) < 4.78 is 10.8. The first-order valence-electron chi connectivity index (χ1n) is 9.43. The Morgan fingerprint density at radius 3 is 2.86 bits per heavy atom. The zero-order chi connectivity index (χ0) is 19.9. The molecule has 6 nitrogen and oxygen atoms in total. The normalized spacial score (nSPS) is 16.7. The molecule has 0 bridgehead atoms. The van der Waals surface area contributed by atoms with Gasteiger partial charge in [-0.05, 0) is 48.7 Å². The molecule has 6 heteroatoms. The highest BCUT2D eigenvalue weighted by atomic mass is 16.5. The topological polar surface area (TPSA) is 67.9 Å². The van der Waals surface area contributed by atoms with E-state index in [1.165, 1.54) is 0 Å². The van der Waals surface area contributed by atoms with E-state index in [0.717, 1.165) is 22.6 Å². The van der Waals surface area contributed by atoms with E-state index in [4.69, 9.17) is 9.47 Å². The van der Waals surface area contributed by atoms with Crippen molar-refractivity contribution in [2.24, 2.45) is 0 Å². The Balaban J connectivity index is 1.48. The van der Waals surface area contributed by atoms with Crippen LogP contribution in [-0.2, 0) is 20.7 Å². The summed E-state index contributed by atoms with van der Waals surface area (Å²) in [6.07, 6.45) is 0.807. The minimum atomic E-state index is -0.223. The van der Waals surface area contributed by atoms with Gasteiger partial charge in [0.15, 0.2) is 0 Å². The van der Waals surface area contributed by atoms with Crippen LogP contribution in [0.25, 0.3) is 0 Å². The van der Waals surface area contributed by atoms with Gasteiger partial charge in [0.25, 0.3) is 5.91 Å². The highest BCUT2D eigenvalue weighted by Crippen LogP contribution is 2.20. The number of hydrogen-bond donors (Lipinski definition) is 1. The summed E-state index contributed by atoms with van der Waals surface area (Å²) in [6.45, 7) is 2.83. The molecule has 1 atom stereocenters. The molecule has 28 heavy (non-hydrogen) atoms. The molecule has 1 fully saturated rings. The predicted octanol–water partition coefficient (Wildman–Crippen LogP) is 2.48. The molecule has 148 valence electrons. The van der Waals surface area contributed by atoms with Crippen LogP contribution in [0.2, 0.25) is 0 Å². The predicted molar refractivity (Wildman–Crippen MR) is 108 cm³/mol. The number of amides is 2. The standard InChI is InChI=1S/C22H26N2O4/c1-16-5-3-7-18(11-16)24-14-20(28-15-22(24)26)13-23-21(25)10-9-17-6-4-8-19(12-17)27-2/h3-8,11-12,20H,9-10,13-15H2,1-2H3,(H,23,25). The Hall–Kier alpha value is -2.86. The summed E-state index contributed by atoms with van der Waals surface area (Å²) in [4.78, 5) is 26.1. The lowest BCUT2D eigenvalue weighted by atomic mass is 10.1. The fourth-order valence-corrected chi connectivity index (χ4v) is 3.20. The van der Waals surface area contributed by atoms with Crippen LogP contribution in [0.1, 0.15) is 17.5 Å². The van der Waals surface area contributed by atoms with Crippen molar-refractivity contribution in [3.05, 3.63) is 59.7 Å². The Bertz CT molecular complexity index is 837. The maximum atomic E-state index is 12.2. The van der Waals surface area contributed by atoms with Crippen LogP contribution in [0, 0.1) is 6.92 Å². The van der Waals surface area contributed by atoms with E-state index in [2.05, 4.69) is 5.32 Å². The number of rotatable bonds is 7. The van der Waals surface area contributed by atoms with Gasteiger partial charge in [0.1, 0.15) is 12.4 Å². The van der Waals surface area contributed by atoms with Crippen molar-refractivity contribution in [2.75, 3.05) is 31.7 Å². The van der Waals surface area contributed by atoms with Crippen molar-refractivity contribution in [1.29, 1.82) is 0 Å². The van der Waals surface area contributed by atoms with Crippen molar-refractivity contribution >= 4 is 17.5 Å². The van der Waals surface area contributed by atoms with Gasteiger partial charge >= 0.3 is 0 Å². The van der Waals surface area contributed by atoms with Crippen LogP contribution in [0.3, 0.4) is 0 Å². The van der Waals surface area contributed by atoms with E-state index in [9.17, 15) is 9.59 Å².